The van der Waals surface area contributed by atoms with Gasteiger partial charge in [0, 0.05) is 25.7 Å². The second-order valence-electron chi connectivity index (χ2n) is 8.51. The molecule has 1 heterocycles. The highest BCUT2D eigenvalue weighted by Crippen LogP contribution is 2.28. The lowest BCUT2D eigenvalue weighted by Crippen LogP contribution is -2.39. The minimum Gasteiger partial charge on any atom is -0.388 e. The lowest BCUT2D eigenvalue weighted by Gasteiger charge is -2.32. The Morgan fingerprint density at radius 2 is 1.48 bits per heavy atom. The summed E-state index contributed by atoms with van der Waals surface area (Å²) in [6, 6.07) is 0.405. The Hall–Kier alpha value is -1.75. The molecule has 0 bridgehead atoms. The van der Waals surface area contributed by atoms with E-state index in [0.717, 1.165) is 38.5 Å². The molecule has 6 N–H and O–H groups in total. The minimum atomic E-state index is -0.683. The van der Waals surface area contributed by atoms with Gasteiger partial charge in [-0.1, -0.05) is 32.1 Å². The van der Waals surface area contributed by atoms with Gasteiger partial charge >= 0.3 is 0 Å². The number of nitrogens with two attached hydrogens (primary N) is 1. The van der Waals surface area contributed by atoms with Crippen LogP contribution in [0.5, 0.6) is 0 Å². The molecule has 2 aliphatic carbocycles. The topological polar surface area (TPSA) is 139 Å². The third-order valence-corrected chi connectivity index (χ3v) is 5.85. The van der Waals surface area contributed by atoms with Crippen LogP contribution in [0.1, 0.15) is 57.8 Å². The van der Waals surface area contributed by atoms with Gasteiger partial charge in [-0.2, -0.15) is 15.0 Å². The molecule has 0 atom stereocenters. The number of nitrogens with zero attached hydrogens (tertiary/aromatic N) is 3. The Bertz CT molecular complexity index is 637. The monoisotopic (exact) mass is 437 g/mol. The van der Waals surface area contributed by atoms with Crippen molar-refractivity contribution in [3.63, 3.8) is 0 Å². The first-order valence-corrected chi connectivity index (χ1v) is 11.8. The van der Waals surface area contributed by atoms with Gasteiger partial charge in [0.25, 0.3) is 0 Å². The van der Waals surface area contributed by atoms with Crippen LogP contribution in [-0.2, 0) is 9.47 Å². The van der Waals surface area contributed by atoms with E-state index in [1.807, 2.05) is 0 Å². The van der Waals surface area contributed by atoms with E-state index >= 15 is 0 Å². The SMILES string of the molecule is NCCOCCOCCNc1nc(NCC2(O)CCCCC2)nc(NC2CCCC2)n1. The van der Waals surface area contributed by atoms with E-state index in [1.165, 1.54) is 19.3 Å². The number of anilines is 3. The molecule has 2 fully saturated rings. The van der Waals surface area contributed by atoms with Crippen molar-refractivity contribution in [3.05, 3.63) is 0 Å². The first kappa shape index (κ1) is 23.9. The molecule has 10 heteroatoms. The molecule has 2 aliphatic rings. The second kappa shape index (κ2) is 12.9. The van der Waals surface area contributed by atoms with Crippen molar-refractivity contribution < 1.29 is 14.6 Å². The highest BCUT2D eigenvalue weighted by molar-refractivity contribution is 5.43. The second-order valence-corrected chi connectivity index (χ2v) is 8.51. The number of hydrogen-bond donors (Lipinski definition) is 5. The molecule has 10 nitrogen and oxygen atoms in total. The normalized spacial score (nSPS) is 18.8. The molecule has 0 aliphatic heterocycles. The molecular formula is C21H39N7O3. The largest absolute Gasteiger partial charge is 0.388 e. The molecule has 0 spiro atoms. The zero-order chi connectivity index (χ0) is 21.8. The van der Waals surface area contributed by atoms with Crippen molar-refractivity contribution in [3.8, 4) is 0 Å². The van der Waals surface area contributed by atoms with Gasteiger partial charge in [-0.3, -0.25) is 0 Å². The van der Waals surface area contributed by atoms with E-state index < -0.39 is 5.60 Å². The van der Waals surface area contributed by atoms with Crippen molar-refractivity contribution in [2.24, 2.45) is 5.73 Å². The van der Waals surface area contributed by atoms with Crippen LogP contribution in [-0.4, -0.2) is 77.8 Å². The Morgan fingerprint density at radius 1 is 0.839 bits per heavy atom. The maximum atomic E-state index is 10.8. The number of nitrogens with one attached hydrogen (secondary N) is 3. The molecule has 1 aromatic rings. The summed E-state index contributed by atoms with van der Waals surface area (Å²) in [5.41, 5.74) is 4.70. The van der Waals surface area contributed by atoms with Gasteiger partial charge in [0.15, 0.2) is 0 Å². The third kappa shape index (κ3) is 8.72. The van der Waals surface area contributed by atoms with Crippen molar-refractivity contribution in [2.45, 2.75) is 69.4 Å². The van der Waals surface area contributed by atoms with E-state index in [-0.39, 0.29) is 0 Å². The quantitative estimate of drug-likeness (QED) is 0.273. The summed E-state index contributed by atoms with van der Waals surface area (Å²) < 4.78 is 10.8. The number of hydrogen-bond acceptors (Lipinski definition) is 10. The molecule has 2 saturated carbocycles. The van der Waals surface area contributed by atoms with E-state index in [9.17, 15) is 5.11 Å². The Labute approximate surface area is 185 Å². The summed E-state index contributed by atoms with van der Waals surface area (Å²) in [5, 5.41) is 20.7. The fourth-order valence-electron chi connectivity index (χ4n) is 4.12. The van der Waals surface area contributed by atoms with Gasteiger partial charge in [0.1, 0.15) is 0 Å². The number of ether oxygens (including phenoxy) is 2. The van der Waals surface area contributed by atoms with Crippen molar-refractivity contribution in [1.82, 2.24) is 15.0 Å². The van der Waals surface area contributed by atoms with E-state index in [2.05, 4.69) is 30.9 Å². The van der Waals surface area contributed by atoms with Crippen molar-refractivity contribution >= 4 is 17.8 Å². The van der Waals surface area contributed by atoms with Crippen LogP contribution < -0.4 is 21.7 Å². The molecule has 1 aromatic heterocycles. The van der Waals surface area contributed by atoms with Gasteiger partial charge in [-0.05, 0) is 25.7 Å². The Balaban J connectivity index is 1.51. The molecule has 0 amide bonds. The molecule has 3 rings (SSSR count). The lowest BCUT2D eigenvalue weighted by molar-refractivity contribution is 0.0166. The highest BCUT2D eigenvalue weighted by atomic mass is 16.5. The molecule has 176 valence electrons. The van der Waals surface area contributed by atoms with Crippen molar-refractivity contribution in [1.29, 1.82) is 0 Å². The van der Waals surface area contributed by atoms with Gasteiger partial charge < -0.3 is 36.3 Å². The van der Waals surface area contributed by atoms with E-state index in [1.54, 1.807) is 0 Å². The van der Waals surface area contributed by atoms with Crippen LogP contribution in [0.25, 0.3) is 0 Å². The van der Waals surface area contributed by atoms with Crippen LogP contribution in [0, 0.1) is 0 Å². The average molecular weight is 438 g/mol. The zero-order valence-corrected chi connectivity index (χ0v) is 18.6. The molecular weight excluding hydrogens is 398 g/mol. The summed E-state index contributed by atoms with van der Waals surface area (Å²) in [6.45, 7) is 3.68. The Kier molecular flexibility index (Phi) is 9.98. The van der Waals surface area contributed by atoms with E-state index in [4.69, 9.17) is 15.2 Å². The summed E-state index contributed by atoms with van der Waals surface area (Å²) in [7, 11) is 0. The van der Waals surface area contributed by atoms with Crippen LogP contribution in [0.2, 0.25) is 0 Å². The highest BCUT2D eigenvalue weighted by Gasteiger charge is 2.29. The smallest absolute Gasteiger partial charge is 0.229 e. The van der Waals surface area contributed by atoms with Crippen LogP contribution in [0.15, 0.2) is 0 Å². The van der Waals surface area contributed by atoms with Crippen molar-refractivity contribution in [2.75, 3.05) is 62.0 Å². The van der Waals surface area contributed by atoms with Gasteiger partial charge in [0.2, 0.25) is 17.8 Å². The number of aliphatic hydroxyl groups is 1. The summed E-state index contributed by atoms with van der Waals surface area (Å²) in [6.07, 6.45) is 9.69. The zero-order valence-electron chi connectivity index (χ0n) is 18.6. The third-order valence-electron chi connectivity index (χ3n) is 5.85. The summed E-state index contributed by atoms with van der Waals surface area (Å²) >= 11 is 0. The number of rotatable bonds is 14. The minimum absolute atomic E-state index is 0.405. The standard InChI is InChI=1S/C21H39N7O3/c22-10-12-30-14-15-31-13-11-23-18-26-19(24-16-21(29)8-4-1-5-9-21)28-20(27-18)25-17-6-2-3-7-17/h17,29H,1-16,22H2,(H3,23,24,25,26,27,28). The van der Waals surface area contributed by atoms with E-state index in [0.29, 0.717) is 69.9 Å². The van der Waals surface area contributed by atoms with Crippen LogP contribution in [0.4, 0.5) is 17.8 Å². The fraction of sp³-hybridized carbons (Fsp3) is 0.857. The maximum absolute atomic E-state index is 10.8. The average Bonchev–Trinajstić information content (AvgIpc) is 3.28. The first-order chi connectivity index (χ1) is 15.2. The van der Waals surface area contributed by atoms with Crippen LogP contribution >= 0.6 is 0 Å². The number of aromatic nitrogens is 3. The molecule has 0 saturated heterocycles. The molecule has 0 radical (unpaired) electrons. The predicted octanol–water partition coefficient (Wildman–Crippen LogP) is 1.74. The summed E-state index contributed by atoms with van der Waals surface area (Å²) in [5.74, 6) is 1.54. The van der Waals surface area contributed by atoms with Gasteiger partial charge in [0.05, 0.1) is 32.0 Å². The van der Waals surface area contributed by atoms with Crippen LogP contribution in [0.3, 0.4) is 0 Å². The predicted molar refractivity (Wildman–Crippen MR) is 121 cm³/mol. The summed E-state index contributed by atoms with van der Waals surface area (Å²) in [4.78, 5) is 13.6. The Morgan fingerprint density at radius 3 is 2.19 bits per heavy atom. The lowest BCUT2D eigenvalue weighted by atomic mass is 9.85. The maximum Gasteiger partial charge on any atom is 0.229 e. The fourth-order valence-corrected chi connectivity index (χ4v) is 4.12. The molecule has 0 unspecified atom stereocenters. The van der Waals surface area contributed by atoms with Gasteiger partial charge in [-0.25, -0.2) is 0 Å². The van der Waals surface area contributed by atoms with Gasteiger partial charge in [-0.15, -0.1) is 0 Å². The first-order valence-electron chi connectivity index (χ1n) is 11.8. The molecule has 0 aromatic carbocycles. The molecule has 31 heavy (non-hydrogen) atoms.